The molecule has 0 aromatic carbocycles. The van der Waals surface area contributed by atoms with Crippen LogP contribution in [0.4, 0.5) is 0 Å². The first kappa shape index (κ1) is 30.9. The number of rotatable bonds is 8. The summed E-state index contributed by atoms with van der Waals surface area (Å²) >= 11 is 0. The fourth-order valence-corrected chi connectivity index (χ4v) is 1.16. The van der Waals surface area contributed by atoms with Crippen molar-refractivity contribution in [3.05, 3.63) is 0 Å². The zero-order chi connectivity index (χ0) is 23.5. The van der Waals surface area contributed by atoms with Crippen molar-refractivity contribution in [2.45, 2.75) is 40.5 Å². The van der Waals surface area contributed by atoms with Crippen molar-refractivity contribution >= 4 is 29.8 Å². The molecule has 0 amide bonds. The third-order valence-electron chi connectivity index (χ3n) is 2.03. The lowest BCUT2D eigenvalue weighted by atomic mass is 10.5. The molecule has 0 aliphatic rings. The number of nitrogens with two attached hydrogens (primary N) is 3. The molecule has 0 rings (SSSR count). The van der Waals surface area contributed by atoms with Gasteiger partial charge < -0.3 is 35.2 Å². The van der Waals surface area contributed by atoms with Gasteiger partial charge in [-0.1, -0.05) is 0 Å². The van der Waals surface area contributed by atoms with Crippen LogP contribution >= 0.6 is 0 Å². The topological polar surface area (TPSA) is 210 Å². The predicted octanol–water partition coefficient (Wildman–Crippen LogP) is -1.70. The Balaban J connectivity index is -0.000000362. The molecular formula is C16H31N3O10. The van der Waals surface area contributed by atoms with Crippen LogP contribution in [0.2, 0.25) is 0 Å². The maximum Gasteiger partial charge on any atom is 0.328 e. The SMILES string of the molecule is CC(=O)OC(N)(CN)OC(C)=O.CC(=O)OCCN.CC(=O)OCCOC(C)=O. The van der Waals surface area contributed by atoms with Crippen molar-refractivity contribution in [1.82, 2.24) is 0 Å². The average molecular weight is 425 g/mol. The van der Waals surface area contributed by atoms with Gasteiger partial charge in [0, 0.05) is 41.2 Å². The summed E-state index contributed by atoms with van der Waals surface area (Å²) in [5.74, 6) is -4.17. The molecule has 0 spiro atoms. The monoisotopic (exact) mass is 425 g/mol. The highest BCUT2D eigenvalue weighted by Crippen LogP contribution is 2.03. The first-order valence-electron chi connectivity index (χ1n) is 8.27. The minimum absolute atomic E-state index is 0.134. The molecule has 0 saturated carbocycles. The van der Waals surface area contributed by atoms with Crippen LogP contribution in [0.5, 0.6) is 0 Å². The van der Waals surface area contributed by atoms with Gasteiger partial charge in [-0.2, -0.15) is 0 Å². The third-order valence-corrected chi connectivity index (χ3v) is 2.03. The van der Waals surface area contributed by atoms with Crippen LogP contribution < -0.4 is 17.2 Å². The first-order chi connectivity index (χ1) is 13.3. The Kier molecular flexibility index (Phi) is 19.8. The van der Waals surface area contributed by atoms with Crippen molar-refractivity contribution in [3.8, 4) is 0 Å². The summed E-state index contributed by atoms with van der Waals surface area (Å²) in [6.07, 6.45) is 0. The van der Waals surface area contributed by atoms with E-state index >= 15 is 0 Å². The van der Waals surface area contributed by atoms with E-state index in [9.17, 15) is 24.0 Å². The van der Waals surface area contributed by atoms with Crippen LogP contribution in [0.1, 0.15) is 34.6 Å². The van der Waals surface area contributed by atoms with Gasteiger partial charge in [-0.15, -0.1) is 0 Å². The molecule has 0 atom stereocenters. The van der Waals surface area contributed by atoms with E-state index in [2.05, 4.69) is 23.7 Å². The van der Waals surface area contributed by atoms with Crippen LogP contribution in [0.25, 0.3) is 0 Å². The molecule has 6 N–H and O–H groups in total. The number of hydrogen-bond donors (Lipinski definition) is 3. The van der Waals surface area contributed by atoms with Gasteiger partial charge >= 0.3 is 35.8 Å². The van der Waals surface area contributed by atoms with Gasteiger partial charge in [-0.05, 0) is 0 Å². The third kappa shape index (κ3) is 30.2. The molecule has 0 unspecified atom stereocenters. The maximum absolute atomic E-state index is 10.5. The lowest BCUT2D eigenvalue weighted by molar-refractivity contribution is -0.220. The first-order valence-corrected chi connectivity index (χ1v) is 8.27. The van der Waals surface area contributed by atoms with Gasteiger partial charge in [-0.25, -0.2) is 0 Å². The standard InChI is InChI=1S/C6H12N2O4.C6H10O4.C4H9NO2/c1-4(9)11-6(8,3-7)12-5(2)10;1-5(7)9-3-4-10-6(2)8;1-4(6)7-3-2-5/h3,7-8H2,1-2H3;3-4H2,1-2H3;2-3,5H2,1H3. The fraction of sp³-hybridized carbons (Fsp3) is 0.688. The van der Waals surface area contributed by atoms with E-state index in [1.807, 2.05) is 0 Å². The van der Waals surface area contributed by atoms with Crippen molar-refractivity contribution in [2.24, 2.45) is 17.2 Å². The van der Waals surface area contributed by atoms with E-state index in [0.29, 0.717) is 13.2 Å². The van der Waals surface area contributed by atoms with Crippen molar-refractivity contribution in [3.63, 3.8) is 0 Å². The Morgan fingerprint density at radius 3 is 1.10 bits per heavy atom. The minimum atomic E-state index is -1.84. The lowest BCUT2D eigenvalue weighted by Crippen LogP contribution is -2.53. The predicted molar refractivity (Wildman–Crippen MR) is 98.5 cm³/mol. The fourth-order valence-electron chi connectivity index (χ4n) is 1.16. The average Bonchev–Trinajstić information content (AvgIpc) is 2.56. The van der Waals surface area contributed by atoms with E-state index < -0.39 is 17.8 Å². The van der Waals surface area contributed by atoms with Crippen molar-refractivity contribution in [1.29, 1.82) is 0 Å². The van der Waals surface area contributed by atoms with Crippen molar-refractivity contribution in [2.75, 3.05) is 32.9 Å². The quantitative estimate of drug-likeness (QED) is 0.172. The second-order valence-electron chi connectivity index (χ2n) is 5.01. The largest absolute Gasteiger partial charge is 0.465 e. The molecule has 0 saturated heterocycles. The minimum Gasteiger partial charge on any atom is -0.465 e. The molecule has 0 aliphatic carbocycles. The molecule has 13 nitrogen and oxygen atoms in total. The zero-order valence-corrected chi connectivity index (χ0v) is 17.4. The molecule has 0 aliphatic heterocycles. The van der Waals surface area contributed by atoms with Crippen LogP contribution in [0.3, 0.4) is 0 Å². The van der Waals surface area contributed by atoms with Crippen LogP contribution in [0, 0.1) is 0 Å². The van der Waals surface area contributed by atoms with E-state index in [-0.39, 0.29) is 37.7 Å². The summed E-state index contributed by atoms with van der Waals surface area (Å²) in [6, 6.07) is 0. The van der Waals surface area contributed by atoms with E-state index in [0.717, 1.165) is 13.8 Å². The highest BCUT2D eigenvalue weighted by Gasteiger charge is 2.30. The molecule has 0 radical (unpaired) electrons. The van der Waals surface area contributed by atoms with Crippen LogP contribution in [-0.4, -0.2) is 68.7 Å². The summed E-state index contributed by atoms with van der Waals surface area (Å²) in [5, 5.41) is 0. The molecule has 0 heterocycles. The van der Waals surface area contributed by atoms with Crippen LogP contribution in [-0.2, 0) is 47.7 Å². The second-order valence-corrected chi connectivity index (χ2v) is 5.01. The number of esters is 5. The van der Waals surface area contributed by atoms with Gasteiger partial charge in [0.05, 0.1) is 6.54 Å². The highest BCUT2D eigenvalue weighted by atomic mass is 16.7. The smallest absolute Gasteiger partial charge is 0.328 e. The Morgan fingerprint density at radius 2 is 0.931 bits per heavy atom. The molecule has 29 heavy (non-hydrogen) atoms. The number of hydrogen-bond acceptors (Lipinski definition) is 13. The molecule has 0 fully saturated rings. The summed E-state index contributed by atoms with van der Waals surface area (Å²) < 4.78 is 22.3. The summed E-state index contributed by atoms with van der Waals surface area (Å²) in [6.45, 7) is 6.95. The van der Waals surface area contributed by atoms with Crippen molar-refractivity contribution < 1.29 is 47.7 Å². The van der Waals surface area contributed by atoms with E-state index in [4.69, 9.17) is 17.2 Å². The Hall–Kier alpha value is -2.77. The van der Waals surface area contributed by atoms with Gasteiger partial charge in [0.15, 0.2) is 0 Å². The van der Waals surface area contributed by atoms with Gasteiger partial charge in [0.25, 0.3) is 0 Å². The van der Waals surface area contributed by atoms with Gasteiger partial charge in [0.2, 0.25) is 0 Å². The number of carbonyl (C=O) groups excluding carboxylic acids is 5. The van der Waals surface area contributed by atoms with Gasteiger partial charge in [-0.3, -0.25) is 29.7 Å². The van der Waals surface area contributed by atoms with E-state index in [1.165, 1.54) is 20.8 Å². The summed E-state index contributed by atoms with van der Waals surface area (Å²) in [5.41, 5.74) is 15.4. The number of ether oxygens (including phenoxy) is 5. The molecule has 0 bridgehead atoms. The number of carbonyl (C=O) groups is 5. The molecule has 0 aromatic heterocycles. The molecule has 170 valence electrons. The molecule has 0 aromatic rings. The maximum atomic E-state index is 10.5. The molecule has 13 heteroatoms. The zero-order valence-electron chi connectivity index (χ0n) is 17.4. The lowest BCUT2D eigenvalue weighted by Gasteiger charge is -2.25. The highest BCUT2D eigenvalue weighted by molar-refractivity contribution is 5.69. The molecular weight excluding hydrogens is 394 g/mol. The normalized spacial score (nSPS) is 9.38. The Labute approximate surface area is 169 Å². The Bertz CT molecular complexity index is 493. The van der Waals surface area contributed by atoms with Gasteiger partial charge in [0.1, 0.15) is 19.8 Å². The summed E-state index contributed by atoms with van der Waals surface area (Å²) in [4.78, 5) is 51.1. The second kappa shape index (κ2) is 18.6. The van der Waals surface area contributed by atoms with E-state index in [1.54, 1.807) is 0 Å². The summed E-state index contributed by atoms with van der Waals surface area (Å²) in [7, 11) is 0. The Morgan fingerprint density at radius 1 is 0.621 bits per heavy atom. The van der Waals surface area contributed by atoms with Crippen LogP contribution in [0.15, 0.2) is 0 Å².